The molecule has 42 heavy (non-hydrogen) atoms. The Labute approximate surface area is 251 Å². The van der Waals surface area contributed by atoms with Crippen molar-refractivity contribution < 1.29 is 13.8 Å². The molecule has 3 atom stereocenters. The molecule has 4 heterocycles. The molecule has 1 fully saturated rings. The minimum atomic E-state index is -3.55. The summed E-state index contributed by atoms with van der Waals surface area (Å²) in [6, 6.07) is 9.61. The first-order chi connectivity index (χ1) is 19.9. The van der Waals surface area contributed by atoms with Gasteiger partial charge in [0.2, 0.25) is 5.91 Å². The van der Waals surface area contributed by atoms with Gasteiger partial charge in [-0.1, -0.05) is 44.2 Å². The monoisotopic (exact) mass is 608 g/mol. The maximum absolute atomic E-state index is 15.0. The number of rotatable bonds is 4. The van der Waals surface area contributed by atoms with Crippen molar-refractivity contribution in [1.29, 1.82) is 0 Å². The molecular formula is C31H35ClFN6O2P. The van der Waals surface area contributed by atoms with Crippen LogP contribution in [0.15, 0.2) is 60.0 Å². The highest BCUT2D eigenvalue weighted by molar-refractivity contribution is 7.64. The first-order valence-electron chi connectivity index (χ1n) is 13.9. The summed E-state index contributed by atoms with van der Waals surface area (Å²) in [5.41, 5.74) is 3.35. The SMILES string of the molecule is C=CC(=O)N1C[C@H](C)N(C2=N[P@](C)(=O)N(c3c(C)ccnc3C(C)C)c3nc(-c4ccccc4F)c(Cl)cc32)C[C@H]1C. The molecule has 0 N–H and O–H groups in total. The lowest BCUT2D eigenvalue weighted by Crippen LogP contribution is -2.59. The van der Waals surface area contributed by atoms with Crippen molar-refractivity contribution in [1.82, 2.24) is 19.8 Å². The second-order valence-electron chi connectivity index (χ2n) is 11.3. The third-order valence-corrected chi connectivity index (χ3v) is 9.79. The molecule has 1 aromatic carbocycles. The van der Waals surface area contributed by atoms with E-state index in [2.05, 4.69) is 16.5 Å². The molecule has 1 saturated heterocycles. The van der Waals surface area contributed by atoms with Gasteiger partial charge in [0.1, 0.15) is 11.7 Å². The lowest BCUT2D eigenvalue weighted by molar-refractivity contribution is -0.130. The first-order valence-corrected chi connectivity index (χ1v) is 16.4. The largest absolute Gasteiger partial charge is 0.349 e. The van der Waals surface area contributed by atoms with Gasteiger partial charge in [-0.25, -0.2) is 9.37 Å². The number of piperazine rings is 1. The van der Waals surface area contributed by atoms with E-state index < -0.39 is 13.3 Å². The van der Waals surface area contributed by atoms with Gasteiger partial charge in [-0.05, 0) is 62.6 Å². The van der Waals surface area contributed by atoms with Crippen LogP contribution >= 0.6 is 19.0 Å². The summed E-state index contributed by atoms with van der Waals surface area (Å²) >= 11 is 6.83. The maximum atomic E-state index is 15.0. The summed E-state index contributed by atoms with van der Waals surface area (Å²) in [5, 5.41) is 0.243. The van der Waals surface area contributed by atoms with Crippen LogP contribution in [0.1, 0.15) is 50.4 Å². The van der Waals surface area contributed by atoms with E-state index in [-0.39, 0.29) is 40.2 Å². The van der Waals surface area contributed by atoms with E-state index in [0.29, 0.717) is 36.0 Å². The van der Waals surface area contributed by atoms with Crippen LogP contribution in [-0.4, -0.2) is 63.3 Å². The lowest BCUT2D eigenvalue weighted by Gasteiger charge is -2.47. The van der Waals surface area contributed by atoms with E-state index in [4.69, 9.17) is 21.3 Å². The highest BCUT2D eigenvalue weighted by Crippen LogP contribution is 2.60. The van der Waals surface area contributed by atoms with E-state index >= 15 is 4.39 Å². The zero-order valence-corrected chi connectivity index (χ0v) is 26.3. The molecule has 2 aliphatic rings. The molecule has 0 saturated carbocycles. The topological polar surface area (TPSA) is 82.0 Å². The fourth-order valence-corrected chi connectivity index (χ4v) is 7.77. The number of aromatic nitrogens is 2. The zero-order chi connectivity index (χ0) is 30.5. The molecule has 2 aromatic heterocycles. The number of halogens is 2. The summed E-state index contributed by atoms with van der Waals surface area (Å²) in [5.74, 6) is 0.270. The molecule has 0 aliphatic carbocycles. The fraction of sp³-hybridized carbons (Fsp3) is 0.355. The van der Waals surface area contributed by atoms with Crippen molar-refractivity contribution >= 4 is 42.3 Å². The van der Waals surface area contributed by atoms with Gasteiger partial charge >= 0.3 is 0 Å². The number of aryl methyl sites for hydroxylation is 1. The van der Waals surface area contributed by atoms with Gasteiger partial charge in [-0.15, -0.1) is 0 Å². The number of anilines is 2. The van der Waals surface area contributed by atoms with Gasteiger partial charge in [0.05, 0.1) is 27.7 Å². The van der Waals surface area contributed by atoms with Crippen LogP contribution in [0.4, 0.5) is 15.9 Å². The van der Waals surface area contributed by atoms with Crippen LogP contribution in [0.5, 0.6) is 0 Å². The van der Waals surface area contributed by atoms with Gasteiger partial charge in [0.25, 0.3) is 7.44 Å². The zero-order valence-electron chi connectivity index (χ0n) is 24.7. The third kappa shape index (κ3) is 5.13. The smallest absolute Gasteiger partial charge is 0.285 e. The van der Waals surface area contributed by atoms with Crippen molar-refractivity contribution in [3.05, 3.63) is 82.9 Å². The van der Waals surface area contributed by atoms with Gasteiger partial charge in [0, 0.05) is 43.6 Å². The van der Waals surface area contributed by atoms with Crippen molar-refractivity contribution in [2.75, 3.05) is 24.4 Å². The van der Waals surface area contributed by atoms with Crippen molar-refractivity contribution in [3.8, 4) is 11.3 Å². The van der Waals surface area contributed by atoms with Crippen molar-refractivity contribution in [2.24, 2.45) is 4.76 Å². The highest BCUT2D eigenvalue weighted by Gasteiger charge is 2.43. The number of hydrogen-bond donors (Lipinski definition) is 0. The van der Waals surface area contributed by atoms with Crippen LogP contribution in [0.25, 0.3) is 11.3 Å². The van der Waals surface area contributed by atoms with E-state index in [0.717, 1.165) is 11.3 Å². The number of carbonyl (C=O) groups is 1. The second-order valence-corrected chi connectivity index (χ2v) is 14.0. The van der Waals surface area contributed by atoms with Crippen molar-refractivity contribution in [2.45, 2.75) is 52.6 Å². The van der Waals surface area contributed by atoms with E-state index in [1.54, 1.807) is 46.7 Å². The average molecular weight is 609 g/mol. The summed E-state index contributed by atoms with van der Waals surface area (Å²) in [6.45, 7) is 16.1. The second kappa shape index (κ2) is 11.3. The molecule has 5 rings (SSSR count). The molecule has 0 spiro atoms. The van der Waals surface area contributed by atoms with Gasteiger partial charge in [-0.2, -0.15) is 4.76 Å². The molecular weight excluding hydrogens is 574 g/mol. The predicted molar refractivity (Wildman–Crippen MR) is 167 cm³/mol. The third-order valence-electron chi connectivity index (χ3n) is 7.81. The lowest BCUT2D eigenvalue weighted by atomic mass is 10.0. The van der Waals surface area contributed by atoms with E-state index in [9.17, 15) is 9.36 Å². The van der Waals surface area contributed by atoms with E-state index in [1.165, 1.54) is 12.1 Å². The van der Waals surface area contributed by atoms with Gasteiger partial charge < -0.3 is 9.80 Å². The summed E-state index contributed by atoms with van der Waals surface area (Å²) < 4.78 is 36.4. The highest BCUT2D eigenvalue weighted by atomic mass is 35.5. The Morgan fingerprint density at radius 2 is 1.88 bits per heavy atom. The molecule has 2 aliphatic heterocycles. The minimum absolute atomic E-state index is 0.0170. The minimum Gasteiger partial charge on any atom is -0.349 e. The fourth-order valence-electron chi connectivity index (χ4n) is 5.72. The van der Waals surface area contributed by atoms with Crippen molar-refractivity contribution in [3.63, 3.8) is 0 Å². The predicted octanol–water partition coefficient (Wildman–Crippen LogP) is 7.20. The Morgan fingerprint density at radius 1 is 1.17 bits per heavy atom. The Hall–Kier alpha value is -3.55. The molecule has 0 bridgehead atoms. The maximum Gasteiger partial charge on any atom is 0.285 e. The number of fused-ring (bicyclic) bond motifs is 1. The Kier molecular flexibility index (Phi) is 8.03. The molecule has 0 unspecified atom stereocenters. The van der Waals surface area contributed by atoms with Gasteiger partial charge in [0.15, 0.2) is 5.82 Å². The molecule has 0 radical (unpaired) electrons. The normalized spacial score (nSPS) is 22.2. The number of pyridine rings is 2. The standard InChI is InChI=1S/C31H35ClFN6O2P/c1-8-26(40)37-16-21(6)38(17-20(37)5)31-23-15-24(32)28(22-11-9-10-12-25(22)33)35-30(23)39(42(7,41)36-31)29-19(4)13-14-34-27(29)18(2)3/h8-15,18,20-21H,1,16-17H2,2-7H3/t20-,21+,42+/m1/s1. The summed E-state index contributed by atoms with van der Waals surface area (Å²) in [7, 11) is -3.55. The van der Waals surface area contributed by atoms with Crippen LogP contribution in [0.3, 0.4) is 0 Å². The molecule has 8 nitrogen and oxygen atoms in total. The molecule has 3 aromatic rings. The Morgan fingerprint density at radius 3 is 2.55 bits per heavy atom. The first kappa shape index (κ1) is 29.9. The van der Waals surface area contributed by atoms with E-state index in [1.807, 2.05) is 40.7 Å². The Bertz CT molecular complexity index is 1660. The quantitative estimate of drug-likeness (QED) is 0.230. The van der Waals surface area contributed by atoms with Crippen LogP contribution < -0.4 is 4.67 Å². The number of amidine groups is 1. The number of benzene rings is 1. The average Bonchev–Trinajstić information content (AvgIpc) is 2.94. The van der Waals surface area contributed by atoms with Crippen LogP contribution in [-0.2, 0) is 9.36 Å². The molecule has 220 valence electrons. The molecule has 1 amide bonds. The molecule has 11 heteroatoms. The van der Waals surface area contributed by atoms with Crippen LogP contribution in [0.2, 0.25) is 5.02 Å². The number of amides is 1. The number of nitrogens with zero attached hydrogens (tertiary/aromatic N) is 6. The summed E-state index contributed by atoms with van der Waals surface area (Å²) in [4.78, 5) is 25.9. The van der Waals surface area contributed by atoms with Gasteiger partial charge in [-0.3, -0.25) is 19.0 Å². The van der Waals surface area contributed by atoms with Crippen LogP contribution in [0, 0.1) is 12.7 Å². The number of hydrogen-bond acceptors (Lipinski definition) is 5. The number of carbonyl (C=O) groups excluding carboxylic acids is 1. The Balaban J connectivity index is 1.76. The summed E-state index contributed by atoms with van der Waals surface area (Å²) in [6.07, 6.45) is 3.06.